The summed E-state index contributed by atoms with van der Waals surface area (Å²) in [5, 5.41) is 3.32. The number of rotatable bonds is 7. The molecule has 0 aromatic heterocycles. The number of hydrogen-bond acceptors (Lipinski definition) is 5. The maximum atomic E-state index is 10.5. The SMILES string of the molecule is CC(NCCOCC(N)=O)c1ccc2c(c1)OCCCO2. The fourth-order valence-corrected chi connectivity index (χ4v) is 2.09. The second-order valence-corrected chi connectivity index (χ2v) is 4.95. The Hall–Kier alpha value is -1.79. The molecule has 21 heavy (non-hydrogen) atoms. The number of nitrogens with one attached hydrogen (secondary N) is 1. The van der Waals surface area contributed by atoms with Crippen LogP contribution in [0, 0.1) is 0 Å². The van der Waals surface area contributed by atoms with Gasteiger partial charge in [-0.3, -0.25) is 4.79 Å². The first kappa shape index (κ1) is 15.6. The first-order valence-electron chi connectivity index (χ1n) is 7.16. The molecular weight excluding hydrogens is 272 g/mol. The third kappa shape index (κ3) is 4.91. The Balaban J connectivity index is 1.83. The Morgan fingerprint density at radius 2 is 2.14 bits per heavy atom. The molecular formula is C15H22N2O4. The van der Waals surface area contributed by atoms with Crippen LogP contribution < -0.4 is 20.5 Å². The smallest absolute Gasteiger partial charge is 0.243 e. The minimum absolute atomic E-state index is 0.0416. The summed E-state index contributed by atoms with van der Waals surface area (Å²) in [4.78, 5) is 10.5. The summed E-state index contributed by atoms with van der Waals surface area (Å²) in [6, 6.07) is 6.12. The zero-order chi connectivity index (χ0) is 15.1. The van der Waals surface area contributed by atoms with Crippen LogP contribution in [0.4, 0.5) is 0 Å². The highest BCUT2D eigenvalue weighted by Crippen LogP contribution is 2.32. The van der Waals surface area contributed by atoms with Crippen LogP contribution in [-0.4, -0.2) is 38.9 Å². The topological polar surface area (TPSA) is 82.8 Å². The summed E-state index contributed by atoms with van der Waals surface area (Å²) < 4.78 is 16.4. The van der Waals surface area contributed by atoms with Gasteiger partial charge in [-0.05, 0) is 24.6 Å². The monoisotopic (exact) mass is 294 g/mol. The number of carbonyl (C=O) groups excluding carboxylic acids is 1. The number of amides is 1. The minimum Gasteiger partial charge on any atom is -0.490 e. The fraction of sp³-hybridized carbons (Fsp3) is 0.533. The zero-order valence-electron chi connectivity index (χ0n) is 12.3. The first-order chi connectivity index (χ1) is 10.2. The molecule has 1 atom stereocenters. The van der Waals surface area contributed by atoms with E-state index < -0.39 is 5.91 Å². The molecule has 0 saturated carbocycles. The van der Waals surface area contributed by atoms with E-state index in [1.807, 2.05) is 18.2 Å². The van der Waals surface area contributed by atoms with E-state index in [4.69, 9.17) is 19.9 Å². The van der Waals surface area contributed by atoms with Crippen LogP contribution >= 0.6 is 0 Å². The van der Waals surface area contributed by atoms with Crippen LogP contribution in [-0.2, 0) is 9.53 Å². The van der Waals surface area contributed by atoms with E-state index in [0.717, 1.165) is 23.5 Å². The average Bonchev–Trinajstić information content (AvgIpc) is 2.70. The molecule has 0 fully saturated rings. The van der Waals surface area contributed by atoms with Gasteiger partial charge in [0, 0.05) is 19.0 Å². The highest BCUT2D eigenvalue weighted by molar-refractivity contribution is 5.74. The molecule has 0 radical (unpaired) electrons. The molecule has 3 N–H and O–H groups in total. The molecule has 0 saturated heterocycles. The van der Waals surface area contributed by atoms with Crippen LogP contribution in [0.5, 0.6) is 11.5 Å². The van der Waals surface area contributed by atoms with Crippen molar-refractivity contribution < 1.29 is 19.0 Å². The van der Waals surface area contributed by atoms with Crippen molar-refractivity contribution in [2.24, 2.45) is 5.73 Å². The molecule has 1 aliphatic heterocycles. The number of fused-ring (bicyclic) bond motifs is 1. The standard InChI is InChI=1S/C15H22N2O4/c1-11(17-5-8-19-10-15(16)18)12-3-4-13-14(9-12)21-7-2-6-20-13/h3-4,9,11,17H,2,5-8,10H2,1H3,(H2,16,18). The molecule has 6 nitrogen and oxygen atoms in total. The first-order valence-corrected chi connectivity index (χ1v) is 7.16. The molecule has 1 heterocycles. The van der Waals surface area contributed by atoms with Crippen LogP contribution in [0.25, 0.3) is 0 Å². The molecule has 2 rings (SSSR count). The van der Waals surface area contributed by atoms with E-state index in [1.165, 1.54) is 0 Å². The van der Waals surface area contributed by atoms with Gasteiger partial charge in [0.05, 0.1) is 19.8 Å². The zero-order valence-corrected chi connectivity index (χ0v) is 12.3. The maximum absolute atomic E-state index is 10.5. The second-order valence-electron chi connectivity index (χ2n) is 4.95. The lowest BCUT2D eigenvalue weighted by atomic mass is 10.1. The lowest BCUT2D eigenvalue weighted by Crippen LogP contribution is -2.26. The molecule has 0 aliphatic carbocycles. The highest BCUT2D eigenvalue weighted by Gasteiger charge is 2.13. The van der Waals surface area contributed by atoms with E-state index in [1.54, 1.807) is 0 Å². The Bertz CT molecular complexity index is 479. The number of primary amides is 1. The summed E-state index contributed by atoms with van der Waals surface area (Å²) in [6.07, 6.45) is 0.898. The van der Waals surface area contributed by atoms with Crippen molar-refractivity contribution in [2.75, 3.05) is 33.0 Å². The summed E-state index contributed by atoms with van der Waals surface area (Å²) in [7, 11) is 0. The van der Waals surface area contributed by atoms with Gasteiger partial charge in [0.15, 0.2) is 11.5 Å². The van der Waals surface area contributed by atoms with E-state index in [2.05, 4.69) is 12.2 Å². The van der Waals surface area contributed by atoms with Crippen LogP contribution in [0.15, 0.2) is 18.2 Å². The third-order valence-electron chi connectivity index (χ3n) is 3.21. The lowest BCUT2D eigenvalue weighted by molar-refractivity contribution is -0.122. The number of benzene rings is 1. The third-order valence-corrected chi connectivity index (χ3v) is 3.21. The molecule has 0 bridgehead atoms. The minimum atomic E-state index is -0.453. The van der Waals surface area contributed by atoms with Crippen molar-refractivity contribution in [3.05, 3.63) is 23.8 Å². The predicted molar refractivity (Wildman–Crippen MR) is 78.5 cm³/mol. The predicted octanol–water partition coefficient (Wildman–Crippen LogP) is 1.00. The number of hydrogen-bond donors (Lipinski definition) is 2. The lowest BCUT2D eigenvalue weighted by Gasteiger charge is -2.16. The van der Waals surface area contributed by atoms with E-state index in [9.17, 15) is 4.79 Å². The van der Waals surface area contributed by atoms with Crippen LogP contribution in [0.1, 0.15) is 24.9 Å². The molecule has 1 aromatic carbocycles. The number of nitrogens with two attached hydrogens (primary N) is 1. The van der Waals surface area contributed by atoms with Gasteiger partial charge < -0.3 is 25.3 Å². The summed E-state index contributed by atoms with van der Waals surface area (Å²) in [5.74, 6) is 1.14. The molecule has 0 spiro atoms. The van der Waals surface area contributed by atoms with Crippen molar-refractivity contribution >= 4 is 5.91 Å². The molecule has 1 unspecified atom stereocenters. The van der Waals surface area contributed by atoms with E-state index in [0.29, 0.717) is 26.4 Å². The van der Waals surface area contributed by atoms with Gasteiger partial charge in [-0.15, -0.1) is 0 Å². The molecule has 1 aliphatic rings. The largest absolute Gasteiger partial charge is 0.490 e. The molecule has 1 amide bonds. The Morgan fingerprint density at radius 3 is 2.90 bits per heavy atom. The van der Waals surface area contributed by atoms with Crippen molar-refractivity contribution in [2.45, 2.75) is 19.4 Å². The van der Waals surface area contributed by atoms with Gasteiger partial charge in [0.1, 0.15) is 6.61 Å². The fourth-order valence-electron chi connectivity index (χ4n) is 2.09. The van der Waals surface area contributed by atoms with Gasteiger partial charge in [-0.2, -0.15) is 0 Å². The quantitative estimate of drug-likeness (QED) is 0.733. The van der Waals surface area contributed by atoms with Gasteiger partial charge >= 0.3 is 0 Å². The van der Waals surface area contributed by atoms with Gasteiger partial charge in [-0.25, -0.2) is 0 Å². The second kappa shape index (κ2) is 7.85. The van der Waals surface area contributed by atoms with Crippen molar-refractivity contribution in [1.29, 1.82) is 0 Å². The molecule has 116 valence electrons. The normalized spacial score (nSPS) is 15.3. The summed E-state index contributed by atoms with van der Waals surface area (Å²) in [5.41, 5.74) is 6.11. The number of carbonyl (C=O) groups is 1. The van der Waals surface area contributed by atoms with Crippen molar-refractivity contribution in [3.63, 3.8) is 0 Å². The van der Waals surface area contributed by atoms with Gasteiger partial charge in [0.2, 0.25) is 5.91 Å². The van der Waals surface area contributed by atoms with Crippen LogP contribution in [0.2, 0.25) is 0 Å². The Labute approximate surface area is 124 Å². The average molecular weight is 294 g/mol. The van der Waals surface area contributed by atoms with Crippen LogP contribution in [0.3, 0.4) is 0 Å². The highest BCUT2D eigenvalue weighted by atomic mass is 16.5. The van der Waals surface area contributed by atoms with E-state index in [-0.39, 0.29) is 12.6 Å². The van der Waals surface area contributed by atoms with Crippen molar-refractivity contribution in [1.82, 2.24) is 5.32 Å². The van der Waals surface area contributed by atoms with E-state index >= 15 is 0 Å². The Morgan fingerprint density at radius 1 is 1.38 bits per heavy atom. The van der Waals surface area contributed by atoms with Crippen molar-refractivity contribution in [3.8, 4) is 11.5 Å². The van der Waals surface area contributed by atoms with Gasteiger partial charge in [0.25, 0.3) is 0 Å². The molecule has 6 heteroatoms. The number of ether oxygens (including phenoxy) is 3. The van der Waals surface area contributed by atoms with Gasteiger partial charge in [-0.1, -0.05) is 6.07 Å². The summed E-state index contributed by atoms with van der Waals surface area (Å²) in [6.45, 7) is 4.48. The molecule has 1 aromatic rings. The Kier molecular flexibility index (Phi) is 5.83. The maximum Gasteiger partial charge on any atom is 0.243 e. The summed E-state index contributed by atoms with van der Waals surface area (Å²) >= 11 is 0.